The van der Waals surface area contributed by atoms with E-state index in [1.54, 1.807) is 23.9 Å². The Morgan fingerprint density at radius 1 is 1.10 bits per heavy atom. The highest BCUT2D eigenvalue weighted by Crippen LogP contribution is 2.29. The predicted octanol–water partition coefficient (Wildman–Crippen LogP) is 3.51. The van der Waals surface area contributed by atoms with Gasteiger partial charge in [-0.2, -0.15) is 9.78 Å². The third-order valence-electron chi connectivity index (χ3n) is 6.60. The third kappa shape index (κ3) is 5.60. The van der Waals surface area contributed by atoms with Crippen molar-refractivity contribution in [3.05, 3.63) is 88.2 Å². The molecule has 0 spiro atoms. The molecule has 1 fully saturated rings. The minimum atomic E-state index is -1.44. The first-order chi connectivity index (χ1) is 18.7. The highest BCUT2D eigenvalue weighted by molar-refractivity contribution is 7.90. The molecule has 2 aromatic heterocycles. The topological polar surface area (TPSA) is 104 Å². The van der Waals surface area contributed by atoms with E-state index in [1.807, 2.05) is 30.0 Å². The van der Waals surface area contributed by atoms with E-state index in [-0.39, 0.29) is 11.3 Å². The molecule has 9 nitrogen and oxygen atoms in total. The summed E-state index contributed by atoms with van der Waals surface area (Å²) in [6, 6.07) is 14.4. The number of morpholine rings is 1. The second-order valence-electron chi connectivity index (χ2n) is 9.32. The van der Waals surface area contributed by atoms with Gasteiger partial charge >= 0.3 is 0 Å². The Kier molecular flexibility index (Phi) is 7.56. The minimum absolute atomic E-state index is 0.0726. The molecule has 1 saturated heterocycles. The summed E-state index contributed by atoms with van der Waals surface area (Å²) >= 11 is -1.44. The van der Waals surface area contributed by atoms with Crippen LogP contribution in [0.3, 0.4) is 0 Å². The van der Waals surface area contributed by atoms with Crippen LogP contribution in [-0.2, 0) is 23.0 Å². The summed E-state index contributed by atoms with van der Waals surface area (Å²) < 4.78 is 34.1. The first kappa shape index (κ1) is 26.7. The number of aryl methyl sites for hydroxylation is 2. The number of hydrogen-bond donors (Lipinski definition) is 1. The second kappa shape index (κ2) is 11.0. The molecule has 11 heteroatoms. The van der Waals surface area contributed by atoms with E-state index in [0.29, 0.717) is 48.4 Å². The van der Waals surface area contributed by atoms with Crippen LogP contribution in [0.15, 0.2) is 70.6 Å². The van der Waals surface area contributed by atoms with Crippen molar-refractivity contribution in [3.63, 3.8) is 0 Å². The summed E-state index contributed by atoms with van der Waals surface area (Å²) in [6.07, 6.45) is 3.27. The fraction of sp³-hybridized carbons (Fsp3) is 0.250. The first-order valence-electron chi connectivity index (χ1n) is 12.4. The number of hydrogen-bond acceptors (Lipinski definition) is 6. The number of carbonyl (C=O) groups is 1. The van der Waals surface area contributed by atoms with Gasteiger partial charge in [0, 0.05) is 54.8 Å². The number of carbonyl (C=O) groups excluding carboxylic acids is 1. The molecule has 0 aliphatic carbocycles. The molecule has 39 heavy (non-hydrogen) atoms. The molecule has 5 rings (SSSR count). The Morgan fingerprint density at radius 3 is 2.51 bits per heavy atom. The van der Waals surface area contributed by atoms with Gasteiger partial charge in [-0.25, -0.2) is 4.39 Å². The van der Waals surface area contributed by atoms with Crippen molar-refractivity contribution in [3.8, 4) is 16.8 Å². The molecule has 202 valence electrons. The van der Waals surface area contributed by atoms with Gasteiger partial charge in [0.25, 0.3) is 11.5 Å². The normalized spacial score (nSPS) is 14.3. The smallest absolute Gasteiger partial charge is 0.276 e. The van der Waals surface area contributed by atoms with Crippen LogP contribution in [0.1, 0.15) is 16.1 Å². The lowest BCUT2D eigenvalue weighted by Gasteiger charge is -2.29. The Hall–Kier alpha value is -3.93. The number of aromatic nitrogens is 3. The number of nitrogens with one attached hydrogen (secondary N) is 1. The zero-order chi connectivity index (χ0) is 27.7. The average Bonchev–Trinajstić information content (AvgIpc) is 3.38. The summed E-state index contributed by atoms with van der Waals surface area (Å²) in [5, 5.41) is 7.53. The molecule has 1 aliphatic heterocycles. The van der Waals surface area contributed by atoms with E-state index in [9.17, 15) is 18.5 Å². The molecule has 3 heterocycles. The molecule has 1 amide bonds. The van der Waals surface area contributed by atoms with E-state index in [1.165, 1.54) is 41.3 Å². The number of halogens is 1. The second-order valence-corrected chi connectivity index (χ2v) is 10.7. The molecule has 1 unspecified atom stereocenters. The molecule has 4 aromatic rings. The highest BCUT2D eigenvalue weighted by atomic mass is 32.2. The van der Waals surface area contributed by atoms with Crippen LogP contribution in [-0.4, -0.2) is 57.4 Å². The fourth-order valence-electron chi connectivity index (χ4n) is 4.53. The Balaban J connectivity index is 1.45. The molecule has 1 atom stereocenters. The SMILES string of the molecule is Cc1ccc(NC(=O)c2cc([S+](C)[O-])n(-c3ccc(F)cc3)n2)cc1-c1cc(N2CCOCC2)c(=O)n(C)c1. The number of anilines is 2. The minimum Gasteiger partial charge on any atom is -0.610 e. The van der Waals surface area contributed by atoms with Crippen LogP contribution >= 0.6 is 0 Å². The Labute approximate surface area is 228 Å². The van der Waals surface area contributed by atoms with Crippen molar-refractivity contribution < 1.29 is 18.5 Å². The van der Waals surface area contributed by atoms with Gasteiger partial charge in [0.15, 0.2) is 5.69 Å². The number of nitrogens with zero attached hydrogens (tertiary/aromatic N) is 4. The zero-order valence-electron chi connectivity index (χ0n) is 21.8. The van der Waals surface area contributed by atoms with Crippen molar-refractivity contribution in [2.75, 3.05) is 42.8 Å². The van der Waals surface area contributed by atoms with Gasteiger partial charge in [-0.05, 0) is 60.5 Å². The van der Waals surface area contributed by atoms with Gasteiger partial charge < -0.3 is 24.1 Å². The third-order valence-corrected chi connectivity index (χ3v) is 7.48. The molecular weight excluding hydrogens is 521 g/mol. The summed E-state index contributed by atoms with van der Waals surface area (Å²) in [7, 11) is 1.73. The maximum absolute atomic E-state index is 13.4. The number of pyridine rings is 1. The maximum Gasteiger partial charge on any atom is 0.276 e. The highest BCUT2D eigenvalue weighted by Gasteiger charge is 2.22. The summed E-state index contributed by atoms with van der Waals surface area (Å²) in [5.41, 5.74) is 4.32. The number of ether oxygens (including phenoxy) is 1. The van der Waals surface area contributed by atoms with Gasteiger partial charge in [-0.3, -0.25) is 9.59 Å². The van der Waals surface area contributed by atoms with Crippen LogP contribution < -0.4 is 15.8 Å². The molecule has 0 saturated carbocycles. The summed E-state index contributed by atoms with van der Waals surface area (Å²) in [5.74, 6) is -0.888. The van der Waals surface area contributed by atoms with E-state index < -0.39 is 22.9 Å². The number of benzene rings is 2. The lowest BCUT2D eigenvalue weighted by atomic mass is 10.0. The zero-order valence-corrected chi connectivity index (χ0v) is 22.6. The van der Waals surface area contributed by atoms with Crippen molar-refractivity contribution in [2.24, 2.45) is 7.05 Å². The van der Waals surface area contributed by atoms with Gasteiger partial charge in [0.2, 0.25) is 5.03 Å². The van der Waals surface area contributed by atoms with Gasteiger partial charge in [0.05, 0.1) is 18.9 Å². The molecule has 0 radical (unpaired) electrons. The Bertz CT molecular complexity index is 1580. The van der Waals surface area contributed by atoms with E-state index in [4.69, 9.17) is 4.74 Å². The van der Waals surface area contributed by atoms with Crippen LogP contribution in [0.5, 0.6) is 0 Å². The van der Waals surface area contributed by atoms with Crippen molar-refractivity contribution in [1.82, 2.24) is 14.3 Å². The quantitative estimate of drug-likeness (QED) is 0.369. The van der Waals surface area contributed by atoms with Gasteiger partial charge in [-0.1, -0.05) is 6.07 Å². The predicted molar refractivity (Wildman–Crippen MR) is 149 cm³/mol. The lowest BCUT2D eigenvalue weighted by molar-refractivity contribution is 0.102. The van der Waals surface area contributed by atoms with Crippen molar-refractivity contribution in [2.45, 2.75) is 11.9 Å². The van der Waals surface area contributed by atoms with Gasteiger partial charge in [0.1, 0.15) is 17.8 Å². The van der Waals surface area contributed by atoms with E-state index >= 15 is 0 Å². The van der Waals surface area contributed by atoms with Crippen LogP contribution in [0.2, 0.25) is 0 Å². The standard InChI is InChI=1S/C28H28FN5O4S/c1-18-4-7-21(15-23(18)19-14-25(28(36)32(2)17-19)33-10-12-38-13-11-33)30-27(35)24-16-26(39(3)37)34(31-24)22-8-5-20(29)6-9-22/h4-9,14-17H,10-13H2,1-3H3,(H,30,35). The van der Waals surface area contributed by atoms with Gasteiger partial charge in [-0.15, -0.1) is 0 Å². The molecule has 0 bridgehead atoms. The van der Waals surface area contributed by atoms with Crippen LogP contribution in [0, 0.1) is 12.7 Å². The summed E-state index contributed by atoms with van der Waals surface area (Å²) in [6.45, 7) is 4.38. The van der Waals surface area contributed by atoms with Crippen LogP contribution in [0.4, 0.5) is 15.8 Å². The average molecular weight is 550 g/mol. The maximum atomic E-state index is 13.4. The van der Waals surface area contributed by atoms with Crippen molar-refractivity contribution >= 4 is 28.5 Å². The number of amides is 1. The molecule has 1 N–H and O–H groups in total. The molecular formula is C28H28FN5O4S. The van der Waals surface area contributed by atoms with Crippen LogP contribution in [0.25, 0.3) is 16.8 Å². The Morgan fingerprint density at radius 2 is 1.82 bits per heavy atom. The summed E-state index contributed by atoms with van der Waals surface area (Å²) in [4.78, 5) is 28.1. The molecule has 2 aromatic carbocycles. The van der Waals surface area contributed by atoms with E-state index in [0.717, 1.165) is 16.7 Å². The molecule has 1 aliphatic rings. The largest absolute Gasteiger partial charge is 0.610 e. The monoisotopic (exact) mass is 549 g/mol. The fourth-order valence-corrected chi connectivity index (χ4v) is 5.19. The number of rotatable bonds is 6. The first-order valence-corrected chi connectivity index (χ1v) is 13.9. The van der Waals surface area contributed by atoms with E-state index in [2.05, 4.69) is 10.4 Å². The van der Waals surface area contributed by atoms with Crippen molar-refractivity contribution in [1.29, 1.82) is 0 Å². The lowest BCUT2D eigenvalue weighted by Crippen LogP contribution is -2.40.